The minimum absolute atomic E-state index is 0.0295. The van der Waals surface area contributed by atoms with Gasteiger partial charge in [-0.25, -0.2) is 16.8 Å². The van der Waals surface area contributed by atoms with Crippen molar-refractivity contribution in [2.45, 2.75) is 29.4 Å². The molecular formula is C18H21N3O4S2. The first-order valence-corrected chi connectivity index (χ1v) is 11.8. The average Bonchev–Trinajstić information content (AvgIpc) is 3.14. The minimum Gasteiger partial charge on any atom is -0.269 e. The molecule has 1 aromatic heterocycles. The number of aromatic nitrogens is 1. The number of fused-ring (bicyclic) bond motifs is 1. The van der Waals surface area contributed by atoms with Gasteiger partial charge in [-0.1, -0.05) is 18.2 Å². The van der Waals surface area contributed by atoms with Crippen LogP contribution in [0, 0.1) is 0 Å². The highest BCUT2D eigenvalue weighted by Crippen LogP contribution is 2.33. The van der Waals surface area contributed by atoms with E-state index in [1.54, 1.807) is 6.07 Å². The molecule has 0 N–H and O–H groups in total. The van der Waals surface area contributed by atoms with Crippen LogP contribution in [-0.4, -0.2) is 51.0 Å². The van der Waals surface area contributed by atoms with Gasteiger partial charge in [0.2, 0.25) is 20.0 Å². The number of benzene rings is 1. The maximum Gasteiger partial charge on any atom is 0.244 e. The maximum absolute atomic E-state index is 13.3. The van der Waals surface area contributed by atoms with Crippen molar-refractivity contribution in [1.82, 2.24) is 9.29 Å². The first-order valence-electron chi connectivity index (χ1n) is 8.90. The third-order valence-corrected chi connectivity index (χ3v) is 9.26. The molecule has 1 atom stereocenters. The summed E-state index contributed by atoms with van der Waals surface area (Å²) < 4.78 is 54.9. The van der Waals surface area contributed by atoms with E-state index in [2.05, 4.69) is 4.98 Å². The van der Waals surface area contributed by atoms with Crippen LogP contribution in [0.25, 0.3) is 0 Å². The van der Waals surface area contributed by atoms with E-state index < -0.39 is 25.3 Å². The highest BCUT2D eigenvalue weighted by molar-refractivity contribution is 7.93. The molecular weight excluding hydrogens is 386 g/mol. The van der Waals surface area contributed by atoms with E-state index >= 15 is 0 Å². The molecule has 0 amide bonds. The van der Waals surface area contributed by atoms with E-state index in [0.717, 1.165) is 5.56 Å². The van der Waals surface area contributed by atoms with Crippen molar-refractivity contribution in [3.05, 3.63) is 54.4 Å². The Morgan fingerprint density at radius 3 is 2.59 bits per heavy atom. The zero-order valence-corrected chi connectivity index (χ0v) is 16.4. The molecule has 0 aliphatic carbocycles. The summed E-state index contributed by atoms with van der Waals surface area (Å²) in [4.78, 5) is 3.96. The van der Waals surface area contributed by atoms with Crippen molar-refractivity contribution < 1.29 is 16.8 Å². The summed E-state index contributed by atoms with van der Waals surface area (Å²) in [5, 5.41) is -0.746. The molecule has 144 valence electrons. The topological polar surface area (TPSA) is 87.6 Å². The smallest absolute Gasteiger partial charge is 0.244 e. The van der Waals surface area contributed by atoms with Crippen molar-refractivity contribution in [3.8, 4) is 0 Å². The molecule has 1 saturated heterocycles. The van der Waals surface area contributed by atoms with E-state index in [1.807, 2.05) is 24.3 Å². The van der Waals surface area contributed by atoms with Crippen molar-refractivity contribution in [1.29, 1.82) is 0 Å². The Labute approximate surface area is 159 Å². The number of piperidine rings is 1. The first-order chi connectivity index (χ1) is 12.9. The van der Waals surface area contributed by atoms with Crippen LogP contribution < -0.4 is 4.31 Å². The van der Waals surface area contributed by atoms with Crippen LogP contribution in [0.1, 0.15) is 18.4 Å². The van der Waals surface area contributed by atoms with Gasteiger partial charge in [-0.15, -0.1) is 0 Å². The lowest BCUT2D eigenvalue weighted by atomic mass is 10.2. The zero-order chi connectivity index (χ0) is 19.1. The molecule has 27 heavy (non-hydrogen) atoms. The summed E-state index contributed by atoms with van der Waals surface area (Å²) in [7, 11) is -7.39. The van der Waals surface area contributed by atoms with Crippen LogP contribution in [0.2, 0.25) is 0 Å². The molecule has 2 aliphatic heterocycles. The predicted molar refractivity (Wildman–Crippen MR) is 102 cm³/mol. The number of rotatable bonds is 4. The van der Waals surface area contributed by atoms with Crippen LogP contribution in [0.3, 0.4) is 0 Å². The lowest BCUT2D eigenvalue weighted by Crippen LogP contribution is -2.49. The van der Waals surface area contributed by atoms with Gasteiger partial charge in [-0.3, -0.25) is 9.29 Å². The van der Waals surface area contributed by atoms with Crippen molar-refractivity contribution >= 4 is 25.7 Å². The van der Waals surface area contributed by atoms with Crippen LogP contribution in [-0.2, 0) is 26.5 Å². The minimum atomic E-state index is -3.75. The summed E-state index contributed by atoms with van der Waals surface area (Å²) in [6, 6.07) is 10.5. The van der Waals surface area contributed by atoms with E-state index in [4.69, 9.17) is 0 Å². The molecule has 7 nitrogen and oxygen atoms in total. The van der Waals surface area contributed by atoms with Gasteiger partial charge in [-0.05, 0) is 43.0 Å². The molecule has 2 aliphatic rings. The number of hydrogen-bond acceptors (Lipinski definition) is 5. The fourth-order valence-electron chi connectivity index (χ4n) is 3.77. The Hall–Kier alpha value is -1.97. The highest BCUT2D eigenvalue weighted by Gasteiger charge is 2.41. The molecule has 0 spiro atoms. The van der Waals surface area contributed by atoms with Crippen LogP contribution >= 0.6 is 0 Å². The van der Waals surface area contributed by atoms with Gasteiger partial charge in [0.15, 0.2) is 0 Å². The molecule has 3 heterocycles. The summed E-state index contributed by atoms with van der Waals surface area (Å²) in [5.41, 5.74) is 1.72. The lowest BCUT2D eigenvalue weighted by Gasteiger charge is -2.34. The van der Waals surface area contributed by atoms with Gasteiger partial charge in [0, 0.05) is 32.0 Å². The van der Waals surface area contributed by atoms with Crippen molar-refractivity contribution in [3.63, 3.8) is 0 Å². The molecule has 2 aromatic rings. The quantitative estimate of drug-likeness (QED) is 0.769. The average molecular weight is 408 g/mol. The number of pyridine rings is 1. The van der Waals surface area contributed by atoms with E-state index in [9.17, 15) is 16.8 Å². The highest BCUT2D eigenvalue weighted by atomic mass is 32.2. The maximum atomic E-state index is 13.3. The molecule has 1 aromatic carbocycles. The Kier molecular flexibility index (Phi) is 4.69. The fourth-order valence-corrected chi connectivity index (χ4v) is 7.34. The van der Waals surface area contributed by atoms with Gasteiger partial charge < -0.3 is 0 Å². The van der Waals surface area contributed by atoms with E-state index in [1.165, 1.54) is 27.1 Å². The predicted octanol–water partition coefficient (Wildman–Crippen LogP) is 1.63. The number of para-hydroxylation sites is 1. The molecule has 1 fully saturated rings. The standard InChI is InChI=1S/C18H21N3O4S2/c22-26(23,16-6-3-10-19-13-16)20-11-4-7-17(14-20)27(24,25)21-12-9-15-5-1-2-8-18(15)21/h1-3,5-6,8,10,13,17H,4,7,9,11-12,14H2. The van der Waals surface area contributed by atoms with Gasteiger partial charge in [0.25, 0.3) is 0 Å². The molecule has 9 heteroatoms. The van der Waals surface area contributed by atoms with Gasteiger partial charge in [-0.2, -0.15) is 4.31 Å². The number of nitrogens with zero attached hydrogens (tertiary/aromatic N) is 3. The Bertz CT molecular complexity index is 1040. The molecule has 0 bridgehead atoms. The zero-order valence-electron chi connectivity index (χ0n) is 14.7. The summed E-state index contributed by atoms with van der Waals surface area (Å²) in [5.74, 6) is 0. The fraction of sp³-hybridized carbons (Fsp3) is 0.389. The van der Waals surface area contributed by atoms with Gasteiger partial charge in [0.1, 0.15) is 4.90 Å². The van der Waals surface area contributed by atoms with Crippen LogP contribution in [0.15, 0.2) is 53.7 Å². The number of sulfonamides is 2. The number of anilines is 1. The molecule has 0 radical (unpaired) electrons. The summed E-state index contributed by atoms with van der Waals surface area (Å²) in [6.07, 6.45) is 4.45. The normalized spacial score (nSPS) is 21.2. The van der Waals surface area contributed by atoms with E-state index in [-0.39, 0.29) is 11.4 Å². The van der Waals surface area contributed by atoms with Crippen molar-refractivity contribution in [2.24, 2.45) is 0 Å². The second-order valence-electron chi connectivity index (χ2n) is 6.81. The summed E-state index contributed by atoms with van der Waals surface area (Å²) in [6.45, 7) is 0.700. The molecule has 4 rings (SSSR count). The Balaban J connectivity index is 1.60. The third-order valence-electron chi connectivity index (χ3n) is 5.19. The SMILES string of the molecule is O=S(=O)(c1cccnc1)N1CCCC(S(=O)(=O)N2CCc3ccccc32)C1. The summed E-state index contributed by atoms with van der Waals surface area (Å²) >= 11 is 0. The van der Waals surface area contributed by atoms with Crippen LogP contribution in [0.5, 0.6) is 0 Å². The number of hydrogen-bond donors (Lipinski definition) is 0. The second kappa shape index (κ2) is 6.88. The van der Waals surface area contributed by atoms with Crippen molar-refractivity contribution in [2.75, 3.05) is 23.9 Å². The van der Waals surface area contributed by atoms with Crippen LogP contribution in [0.4, 0.5) is 5.69 Å². The second-order valence-corrected chi connectivity index (χ2v) is 10.9. The Morgan fingerprint density at radius 1 is 1.00 bits per heavy atom. The Morgan fingerprint density at radius 2 is 1.81 bits per heavy atom. The largest absolute Gasteiger partial charge is 0.269 e. The van der Waals surface area contributed by atoms with Gasteiger partial charge >= 0.3 is 0 Å². The molecule has 0 saturated carbocycles. The van der Waals surface area contributed by atoms with Gasteiger partial charge in [0.05, 0.1) is 10.9 Å². The van der Waals surface area contributed by atoms with E-state index in [0.29, 0.717) is 38.0 Å². The first kappa shape index (κ1) is 18.4. The molecule has 1 unspecified atom stereocenters. The lowest BCUT2D eigenvalue weighted by molar-refractivity contribution is 0.345. The third kappa shape index (κ3) is 3.24. The monoisotopic (exact) mass is 407 g/mol.